The van der Waals surface area contributed by atoms with Crippen molar-refractivity contribution in [2.45, 2.75) is 6.42 Å². The zero-order valence-electron chi connectivity index (χ0n) is 8.87. The highest BCUT2D eigenvalue weighted by atomic mass is 32.1. The summed E-state index contributed by atoms with van der Waals surface area (Å²) in [7, 11) is 3.03. The molecule has 16 heavy (non-hydrogen) atoms. The van der Waals surface area contributed by atoms with E-state index in [0.717, 1.165) is 11.3 Å². The maximum Gasteiger partial charge on any atom is 0.345 e. The SMILES string of the molecule is COC(=O)CCN(C)c1ncc([N+](=O)[O-])s1. The lowest BCUT2D eigenvalue weighted by atomic mass is 10.4. The molecule has 1 aromatic heterocycles. The van der Waals surface area contributed by atoms with Crippen LogP contribution < -0.4 is 4.90 Å². The minimum Gasteiger partial charge on any atom is -0.469 e. The van der Waals surface area contributed by atoms with E-state index in [1.165, 1.54) is 13.3 Å². The molecular formula is C8H11N3O4S. The van der Waals surface area contributed by atoms with Crippen LogP contribution in [0.15, 0.2) is 6.20 Å². The number of esters is 1. The summed E-state index contributed by atoms with van der Waals surface area (Å²) in [4.78, 5) is 26.4. The number of methoxy groups -OCH3 is 1. The van der Waals surface area contributed by atoms with Gasteiger partial charge in [0.05, 0.1) is 18.5 Å². The molecule has 0 spiro atoms. The summed E-state index contributed by atoms with van der Waals surface area (Å²) in [6, 6.07) is 0. The van der Waals surface area contributed by atoms with E-state index in [1.807, 2.05) is 0 Å². The van der Waals surface area contributed by atoms with Gasteiger partial charge in [-0.15, -0.1) is 0 Å². The van der Waals surface area contributed by atoms with E-state index in [2.05, 4.69) is 9.72 Å². The molecule has 0 amide bonds. The van der Waals surface area contributed by atoms with Gasteiger partial charge in [-0.05, 0) is 11.3 Å². The van der Waals surface area contributed by atoms with Crippen LogP contribution in [0.5, 0.6) is 0 Å². The predicted octanol–water partition coefficient (Wildman–Crippen LogP) is 1.05. The number of nitrogens with zero attached hydrogens (tertiary/aromatic N) is 3. The Morgan fingerprint density at radius 1 is 1.75 bits per heavy atom. The van der Waals surface area contributed by atoms with Gasteiger partial charge in [0.1, 0.15) is 6.20 Å². The number of carbonyl (C=O) groups is 1. The standard InChI is InChI=1S/C8H11N3O4S/c1-10(4-3-7(12)15-2)8-9-5-6(16-8)11(13)14/h5H,3-4H2,1-2H3. The van der Waals surface area contributed by atoms with Crippen LogP contribution in [-0.4, -0.2) is 36.6 Å². The van der Waals surface area contributed by atoms with Crippen molar-refractivity contribution in [2.75, 3.05) is 25.6 Å². The zero-order chi connectivity index (χ0) is 12.1. The molecule has 0 radical (unpaired) electrons. The van der Waals surface area contributed by atoms with Gasteiger partial charge in [0.15, 0.2) is 5.13 Å². The molecule has 7 nitrogen and oxygen atoms in total. The van der Waals surface area contributed by atoms with Gasteiger partial charge in [-0.1, -0.05) is 0 Å². The molecule has 0 bridgehead atoms. The van der Waals surface area contributed by atoms with Crippen LogP contribution in [0.25, 0.3) is 0 Å². The molecule has 0 N–H and O–H groups in total. The summed E-state index contributed by atoms with van der Waals surface area (Å²) >= 11 is 0.972. The quantitative estimate of drug-likeness (QED) is 0.438. The largest absolute Gasteiger partial charge is 0.469 e. The number of rotatable bonds is 5. The summed E-state index contributed by atoms with van der Waals surface area (Å²) in [6.45, 7) is 0.414. The van der Waals surface area contributed by atoms with E-state index in [1.54, 1.807) is 11.9 Å². The Morgan fingerprint density at radius 3 is 2.94 bits per heavy atom. The third-order valence-corrected chi connectivity index (χ3v) is 2.93. The first-order chi connectivity index (χ1) is 7.54. The average Bonchev–Trinajstić information content (AvgIpc) is 2.74. The molecule has 8 heteroatoms. The van der Waals surface area contributed by atoms with E-state index in [-0.39, 0.29) is 17.4 Å². The fourth-order valence-corrected chi connectivity index (χ4v) is 1.69. The Balaban J connectivity index is 2.55. The summed E-state index contributed by atoms with van der Waals surface area (Å²) in [5, 5.41) is 10.9. The van der Waals surface area contributed by atoms with Crippen LogP contribution in [0.3, 0.4) is 0 Å². The molecule has 0 unspecified atom stereocenters. The van der Waals surface area contributed by atoms with Crippen LogP contribution in [-0.2, 0) is 9.53 Å². The second-order valence-electron chi connectivity index (χ2n) is 2.99. The number of ether oxygens (including phenoxy) is 1. The van der Waals surface area contributed by atoms with Gasteiger partial charge in [-0.3, -0.25) is 14.9 Å². The molecule has 0 atom stereocenters. The van der Waals surface area contributed by atoms with Gasteiger partial charge in [0, 0.05) is 13.6 Å². The third kappa shape index (κ3) is 3.16. The van der Waals surface area contributed by atoms with Crippen molar-refractivity contribution in [3.8, 4) is 0 Å². The maximum atomic E-state index is 10.9. The number of thiazole rings is 1. The minimum atomic E-state index is -0.491. The van der Waals surface area contributed by atoms with Gasteiger partial charge < -0.3 is 9.64 Å². The predicted molar refractivity (Wildman–Crippen MR) is 58.7 cm³/mol. The summed E-state index contributed by atoms with van der Waals surface area (Å²) in [5.41, 5.74) is 0. The van der Waals surface area contributed by atoms with Crippen molar-refractivity contribution < 1.29 is 14.5 Å². The Labute approximate surface area is 95.8 Å². The zero-order valence-corrected chi connectivity index (χ0v) is 9.69. The van der Waals surface area contributed by atoms with Crippen molar-refractivity contribution in [1.29, 1.82) is 0 Å². The van der Waals surface area contributed by atoms with Crippen LogP contribution in [0.4, 0.5) is 10.1 Å². The molecule has 0 saturated heterocycles. The first-order valence-corrected chi connectivity index (χ1v) is 5.24. The maximum absolute atomic E-state index is 10.9. The van der Waals surface area contributed by atoms with Gasteiger partial charge in [-0.25, -0.2) is 4.98 Å². The Bertz CT molecular complexity index is 392. The van der Waals surface area contributed by atoms with Crippen LogP contribution >= 0.6 is 11.3 Å². The van der Waals surface area contributed by atoms with Crippen LogP contribution in [0, 0.1) is 10.1 Å². The highest BCUT2D eigenvalue weighted by molar-refractivity contribution is 7.18. The van der Waals surface area contributed by atoms with Gasteiger partial charge >= 0.3 is 11.0 Å². The molecule has 1 aromatic rings. The number of nitro groups is 1. The number of carbonyl (C=O) groups excluding carboxylic acids is 1. The smallest absolute Gasteiger partial charge is 0.345 e. The van der Waals surface area contributed by atoms with Gasteiger partial charge in [0.25, 0.3) is 0 Å². The topological polar surface area (TPSA) is 85.6 Å². The molecule has 0 saturated carbocycles. The fraction of sp³-hybridized carbons (Fsp3) is 0.500. The molecule has 0 aliphatic carbocycles. The average molecular weight is 245 g/mol. The van der Waals surface area contributed by atoms with E-state index < -0.39 is 4.92 Å². The van der Waals surface area contributed by atoms with Crippen molar-refractivity contribution >= 4 is 27.4 Å². The molecule has 1 heterocycles. The summed E-state index contributed by atoms with van der Waals surface area (Å²) in [6.07, 6.45) is 1.43. The van der Waals surface area contributed by atoms with E-state index in [0.29, 0.717) is 11.7 Å². The van der Waals surface area contributed by atoms with E-state index in [4.69, 9.17) is 0 Å². The minimum absolute atomic E-state index is 0.0140. The van der Waals surface area contributed by atoms with Gasteiger partial charge in [0.2, 0.25) is 0 Å². The van der Waals surface area contributed by atoms with Crippen molar-refractivity contribution in [3.05, 3.63) is 16.3 Å². The lowest BCUT2D eigenvalue weighted by Crippen LogP contribution is -2.21. The second-order valence-corrected chi connectivity index (χ2v) is 3.97. The highest BCUT2D eigenvalue weighted by Gasteiger charge is 2.14. The second kappa shape index (κ2) is 5.40. The molecule has 0 aromatic carbocycles. The molecule has 0 aliphatic heterocycles. The van der Waals surface area contributed by atoms with E-state index in [9.17, 15) is 14.9 Å². The summed E-state index contributed by atoms with van der Waals surface area (Å²) < 4.78 is 4.49. The van der Waals surface area contributed by atoms with Crippen molar-refractivity contribution in [3.63, 3.8) is 0 Å². The first kappa shape index (κ1) is 12.4. The lowest BCUT2D eigenvalue weighted by molar-refractivity contribution is -0.380. The monoisotopic (exact) mass is 245 g/mol. The van der Waals surface area contributed by atoms with Crippen LogP contribution in [0.1, 0.15) is 6.42 Å². The van der Waals surface area contributed by atoms with Crippen molar-refractivity contribution in [2.24, 2.45) is 0 Å². The third-order valence-electron chi connectivity index (χ3n) is 1.87. The first-order valence-electron chi connectivity index (χ1n) is 4.42. The molecule has 88 valence electrons. The fourth-order valence-electron chi connectivity index (χ4n) is 0.974. The van der Waals surface area contributed by atoms with E-state index >= 15 is 0 Å². The lowest BCUT2D eigenvalue weighted by Gasteiger charge is -2.13. The highest BCUT2D eigenvalue weighted by Crippen LogP contribution is 2.27. The Morgan fingerprint density at radius 2 is 2.44 bits per heavy atom. The molecule has 1 rings (SSSR count). The molecular weight excluding hydrogens is 234 g/mol. The van der Waals surface area contributed by atoms with Gasteiger partial charge in [-0.2, -0.15) is 0 Å². The number of anilines is 1. The molecule has 0 aliphatic rings. The Hall–Kier alpha value is -1.70. The van der Waals surface area contributed by atoms with Crippen molar-refractivity contribution in [1.82, 2.24) is 4.98 Å². The molecule has 0 fully saturated rings. The Kier molecular flexibility index (Phi) is 4.18. The number of hydrogen-bond acceptors (Lipinski definition) is 7. The number of aromatic nitrogens is 1. The normalized spacial score (nSPS) is 9.88. The summed E-state index contributed by atoms with van der Waals surface area (Å²) in [5.74, 6) is -0.321. The van der Waals surface area contributed by atoms with Crippen LogP contribution in [0.2, 0.25) is 0 Å². The number of hydrogen-bond donors (Lipinski definition) is 0.